The summed E-state index contributed by atoms with van der Waals surface area (Å²) in [5.74, 6) is 0. The molecule has 3 N–H and O–H groups in total. The van der Waals surface area contributed by atoms with Gasteiger partial charge >= 0.3 is 0 Å². The molecule has 0 unspecified atom stereocenters. The fraction of sp³-hybridized carbons (Fsp3) is 0.438. The van der Waals surface area contributed by atoms with Crippen molar-refractivity contribution in [1.29, 1.82) is 5.26 Å². The molecule has 4 nitrogen and oxygen atoms in total. The Morgan fingerprint density at radius 1 is 1.30 bits per heavy atom. The Bertz CT molecular complexity index is 637. The van der Waals surface area contributed by atoms with E-state index in [1.54, 1.807) is 0 Å². The number of hydrogen-bond donors (Lipinski definition) is 3. The van der Waals surface area contributed by atoms with Gasteiger partial charge in [-0.05, 0) is 50.1 Å². The summed E-state index contributed by atoms with van der Waals surface area (Å²) in [6, 6.07) is 11.7. The Morgan fingerprint density at radius 2 is 2.15 bits per heavy atom. The molecule has 0 aliphatic heterocycles. The van der Waals surface area contributed by atoms with Gasteiger partial charge in [0.2, 0.25) is 0 Å². The molecule has 0 spiro atoms. The number of benzene rings is 1. The van der Waals surface area contributed by atoms with E-state index in [9.17, 15) is 0 Å². The van der Waals surface area contributed by atoms with Gasteiger partial charge in [-0.3, -0.25) is 0 Å². The highest BCUT2D eigenvalue weighted by atomic mass is 15.0. The minimum atomic E-state index is 0.615. The van der Waals surface area contributed by atoms with Crippen LogP contribution < -0.4 is 10.6 Å². The van der Waals surface area contributed by atoms with Crippen LogP contribution in [-0.2, 0) is 6.54 Å². The summed E-state index contributed by atoms with van der Waals surface area (Å²) < 4.78 is 0. The van der Waals surface area contributed by atoms with Crippen molar-refractivity contribution in [1.82, 2.24) is 15.6 Å². The van der Waals surface area contributed by atoms with Gasteiger partial charge in [0.1, 0.15) is 11.8 Å². The SMILES string of the molecule is CN[C@@H]1CC[C@H](NCc2ccc3[nH]c(C#N)cc3c2)C1. The summed E-state index contributed by atoms with van der Waals surface area (Å²) in [6.07, 6.45) is 3.72. The number of nitrogens with zero attached hydrogens (tertiary/aromatic N) is 1. The van der Waals surface area contributed by atoms with Crippen molar-refractivity contribution < 1.29 is 0 Å². The van der Waals surface area contributed by atoms with Crippen LogP contribution in [0.15, 0.2) is 24.3 Å². The van der Waals surface area contributed by atoms with Gasteiger partial charge in [-0.15, -0.1) is 0 Å². The lowest BCUT2D eigenvalue weighted by atomic mass is 10.1. The van der Waals surface area contributed by atoms with Crippen molar-refractivity contribution in [2.45, 2.75) is 37.9 Å². The average molecular weight is 268 g/mol. The van der Waals surface area contributed by atoms with E-state index in [0.29, 0.717) is 17.8 Å². The van der Waals surface area contributed by atoms with Crippen LogP contribution in [0.4, 0.5) is 0 Å². The molecule has 2 atom stereocenters. The van der Waals surface area contributed by atoms with Gasteiger partial charge in [0.25, 0.3) is 0 Å². The van der Waals surface area contributed by atoms with Crippen LogP contribution in [0, 0.1) is 11.3 Å². The molecule has 4 heteroatoms. The number of nitrogens with one attached hydrogen (secondary N) is 3. The van der Waals surface area contributed by atoms with E-state index in [1.807, 2.05) is 13.1 Å². The van der Waals surface area contributed by atoms with E-state index in [-0.39, 0.29) is 0 Å². The summed E-state index contributed by atoms with van der Waals surface area (Å²) in [6.45, 7) is 0.893. The maximum atomic E-state index is 8.90. The molecule has 20 heavy (non-hydrogen) atoms. The van der Waals surface area contributed by atoms with Crippen molar-refractivity contribution in [3.8, 4) is 6.07 Å². The number of H-pyrrole nitrogens is 1. The molecule has 1 aliphatic rings. The maximum Gasteiger partial charge on any atom is 0.118 e. The predicted molar refractivity (Wildman–Crippen MR) is 80.3 cm³/mol. The van der Waals surface area contributed by atoms with E-state index >= 15 is 0 Å². The second kappa shape index (κ2) is 5.66. The Hall–Kier alpha value is -1.83. The standard InChI is InChI=1S/C16H20N4/c1-18-13-3-4-14(8-13)19-10-11-2-5-16-12(6-11)7-15(9-17)20-16/h2,5-7,13-14,18-20H,3-4,8,10H2,1H3/t13-,14+/m1/s1. The van der Waals surface area contributed by atoms with Crippen LogP contribution >= 0.6 is 0 Å². The van der Waals surface area contributed by atoms with E-state index < -0.39 is 0 Å². The number of hydrogen-bond acceptors (Lipinski definition) is 3. The zero-order valence-electron chi connectivity index (χ0n) is 11.7. The van der Waals surface area contributed by atoms with Crippen LogP contribution in [0.3, 0.4) is 0 Å². The number of rotatable bonds is 4. The highest BCUT2D eigenvalue weighted by Gasteiger charge is 2.22. The Morgan fingerprint density at radius 3 is 2.90 bits per heavy atom. The lowest BCUT2D eigenvalue weighted by Gasteiger charge is -2.13. The first-order valence-corrected chi connectivity index (χ1v) is 7.21. The molecule has 1 heterocycles. The zero-order valence-corrected chi connectivity index (χ0v) is 11.7. The Balaban J connectivity index is 1.64. The average Bonchev–Trinajstić information content (AvgIpc) is 3.10. The molecule has 104 valence electrons. The Labute approximate surface area is 119 Å². The van der Waals surface area contributed by atoms with E-state index in [4.69, 9.17) is 5.26 Å². The van der Waals surface area contributed by atoms with Crippen LogP contribution in [0.5, 0.6) is 0 Å². The molecule has 0 saturated heterocycles. The van der Waals surface area contributed by atoms with Gasteiger partial charge in [-0.25, -0.2) is 0 Å². The Kier molecular flexibility index (Phi) is 3.72. The van der Waals surface area contributed by atoms with Crippen LogP contribution in [0.1, 0.15) is 30.5 Å². The van der Waals surface area contributed by atoms with Crippen molar-refractivity contribution in [2.75, 3.05) is 7.05 Å². The molecule has 0 bridgehead atoms. The van der Waals surface area contributed by atoms with Crippen molar-refractivity contribution in [3.63, 3.8) is 0 Å². The van der Waals surface area contributed by atoms with Gasteiger partial charge in [0.15, 0.2) is 0 Å². The van der Waals surface area contributed by atoms with Gasteiger partial charge in [0.05, 0.1) is 0 Å². The molecular weight excluding hydrogens is 248 g/mol. The van der Waals surface area contributed by atoms with Gasteiger partial charge in [-0.1, -0.05) is 6.07 Å². The highest BCUT2D eigenvalue weighted by molar-refractivity contribution is 5.81. The number of aromatic nitrogens is 1. The highest BCUT2D eigenvalue weighted by Crippen LogP contribution is 2.20. The van der Waals surface area contributed by atoms with Crippen LogP contribution in [-0.4, -0.2) is 24.1 Å². The number of fused-ring (bicyclic) bond motifs is 1. The van der Waals surface area contributed by atoms with E-state index in [2.05, 4.69) is 39.9 Å². The minimum absolute atomic E-state index is 0.615. The molecule has 3 rings (SSSR count). The number of aromatic amines is 1. The molecule has 1 fully saturated rings. The summed E-state index contributed by atoms with van der Waals surface area (Å²) in [5.41, 5.74) is 2.92. The maximum absolute atomic E-state index is 8.90. The summed E-state index contributed by atoms with van der Waals surface area (Å²) in [5, 5.41) is 17.0. The molecular formula is C16H20N4. The van der Waals surface area contributed by atoms with Crippen LogP contribution in [0.2, 0.25) is 0 Å². The smallest absolute Gasteiger partial charge is 0.118 e. The van der Waals surface area contributed by atoms with Crippen molar-refractivity contribution in [2.24, 2.45) is 0 Å². The predicted octanol–water partition coefficient (Wildman–Crippen LogP) is 2.27. The molecule has 1 aliphatic carbocycles. The van der Waals surface area contributed by atoms with E-state index in [0.717, 1.165) is 17.4 Å². The second-order valence-electron chi connectivity index (χ2n) is 5.59. The molecule has 2 aromatic rings. The first kappa shape index (κ1) is 13.2. The van der Waals surface area contributed by atoms with Gasteiger partial charge in [-0.2, -0.15) is 5.26 Å². The second-order valence-corrected chi connectivity index (χ2v) is 5.59. The van der Waals surface area contributed by atoms with Crippen LogP contribution in [0.25, 0.3) is 10.9 Å². The lowest BCUT2D eigenvalue weighted by molar-refractivity contribution is 0.500. The van der Waals surface area contributed by atoms with E-state index in [1.165, 1.54) is 24.8 Å². The third-order valence-electron chi connectivity index (χ3n) is 4.24. The minimum Gasteiger partial charge on any atom is -0.346 e. The first-order valence-electron chi connectivity index (χ1n) is 7.21. The van der Waals surface area contributed by atoms with Crippen molar-refractivity contribution in [3.05, 3.63) is 35.5 Å². The molecule has 0 radical (unpaired) electrons. The molecule has 1 aromatic carbocycles. The largest absolute Gasteiger partial charge is 0.346 e. The fourth-order valence-corrected chi connectivity index (χ4v) is 3.04. The quantitative estimate of drug-likeness (QED) is 0.797. The third-order valence-corrected chi connectivity index (χ3v) is 4.24. The van der Waals surface area contributed by atoms with Gasteiger partial charge in [0, 0.05) is 29.5 Å². The fourth-order valence-electron chi connectivity index (χ4n) is 3.04. The summed E-state index contributed by atoms with van der Waals surface area (Å²) in [7, 11) is 2.04. The molecule has 1 saturated carbocycles. The van der Waals surface area contributed by atoms with Gasteiger partial charge < -0.3 is 15.6 Å². The first-order chi connectivity index (χ1) is 9.78. The van der Waals surface area contributed by atoms with Crippen molar-refractivity contribution >= 4 is 10.9 Å². The summed E-state index contributed by atoms with van der Waals surface area (Å²) >= 11 is 0. The zero-order chi connectivity index (χ0) is 13.9. The summed E-state index contributed by atoms with van der Waals surface area (Å²) in [4.78, 5) is 3.09. The number of nitriles is 1. The third kappa shape index (κ3) is 2.69. The topological polar surface area (TPSA) is 63.6 Å². The molecule has 1 aromatic heterocycles. The lowest BCUT2D eigenvalue weighted by Crippen LogP contribution is -2.29. The monoisotopic (exact) mass is 268 g/mol. The molecule has 0 amide bonds. The normalized spacial score (nSPS) is 22.2.